The van der Waals surface area contributed by atoms with Gasteiger partial charge in [-0.05, 0) is 50.5 Å². The number of hydrogen-bond donors (Lipinski definition) is 2. The summed E-state index contributed by atoms with van der Waals surface area (Å²) in [5.41, 5.74) is 1.63. The highest BCUT2D eigenvalue weighted by atomic mass is 32.2. The predicted octanol–water partition coefficient (Wildman–Crippen LogP) is 1.33. The Balaban J connectivity index is 1.94. The van der Waals surface area contributed by atoms with Crippen molar-refractivity contribution in [3.05, 3.63) is 23.8 Å². The number of benzene rings is 1. The van der Waals surface area contributed by atoms with Crippen LogP contribution in [0, 0.1) is 0 Å². The molecule has 1 amide bonds. The Labute approximate surface area is 137 Å². The number of aryl methyl sites for hydroxylation is 1. The number of sulfonamides is 1. The van der Waals surface area contributed by atoms with Gasteiger partial charge in [-0.3, -0.25) is 4.79 Å². The lowest BCUT2D eigenvalue weighted by Crippen LogP contribution is -2.57. The van der Waals surface area contributed by atoms with E-state index in [9.17, 15) is 13.2 Å². The Morgan fingerprint density at radius 3 is 2.78 bits per heavy atom. The molecule has 1 aromatic carbocycles. The standard InChI is InChI=1S/C16H23N3O3S/c1-11-12(2)19(9-8-17-11)23(21,22)14-6-7-15-13(10-14)4-3-5-16(20)18-15/h6-7,10-12,17H,3-5,8-9H2,1-2H3,(H,18,20). The first-order valence-corrected chi connectivity index (χ1v) is 9.51. The Bertz CT molecular complexity index is 717. The first-order valence-electron chi connectivity index (χ1n) is 8.07. The van der Waals surface area contributed by atoms with Crippen LogP contribution in [-0.4, -0.2) is 43.8 Å². The average Bonchev–Trinajstić information content (AvgIpc) is 2.69. The SMILES string of the molecule is CC1NCCN(S(=O)(=O)c2ccc3c(c2)CCCC(=O)N3)C1C. The highest BCUT2D eigenvalue weighted by molar-refractivity contribution is 7.89. The number of amides is 1. The van der Waals surface area contributed by atoms with E-state index in [0.29, 0.717) is 30.8 Å². The first kappa shape index (κ1) is 16.4. The van der Waals surface area contributed by atoms with Crippen LogP contribution >= 0.6 is 0 Å². The smallest absolute Gasteiger partial charge is 0.243 e. The fourth-order valence-electron chi connectivity index (χ4n) is 3.21. The molecule has 7 heteroatoms. The number of nitrogens with zero attached hydrogens (tertiary/aromatic N) is 1. The molecule has 0 radical (unpaired) electrons. The molecule has 0 spiro atoms. The van der Waals surface area contributed by atoms with Crippen LogP contribution in [0.2, 0.25) is 0 Å². The molecule has 6 nitrogen and oxygen atoms in total. The van der Waals surface area contributed by atoms with E-state index in [0.717, 1.165) is 17.7 Å². The summed E-state index contributed by atoms with van der Waals surface area (Å²) in [7, 11) is -3.52. The van der Waals surface area contributed by atoms with Crippen LogP contribution in [-0.2, 0) is 21.2 Å². The van der Waals surface area contributed by atoms with Crippen molar-refractivity contribution >= 4 is 21.6 Å². The third-order valence-corrected chi connectivity index (χ3v) is 6.77. The van der Waals surface area contributed by atoms with Crippen molar-refractivity contribution in [1.29, 1.82) is 0 Å². The highest BCUT2D eigenvalue weighted by Crippen LogP contribution is 2.28. The lowest BCUT2D eigenvalue weighted by molar-refractivity contribution is -0.116. The Morgan fingerprint density at radius 2 is 2.00 bits per heavy atom. The summed E-state index contributed by atoms with van der Waals surface area (Å²) in [4.78, 5) is 11.9. The van der Waals surface area contributed by atoms with E-state index in [1.807, 2.05) is 13.8 Å². The summed E-state index contributed by atoms with van der Waals surface area (Å²) in [5, 5.41) is 6.13. The molecule has 2 unspecified atom stereocenters. The summed E-state index contributed by atoms with van der Waals surface area (Å²) in [6.07, 6.45) is 1.93. The summed E-state index contributed by atoms with van der Waals surface area (Å²) in [6, 6.07) is 5.06. The van der Waals surface area contributed by atoms with Gasteiger partial charge in [0.2, 0.25) is 15.9 Å². The largest absolute Gasteiger partial charge is 0.326 e. The van der Waals surface area contributed by atoms with Crippen molar-refractivity contribution in [3.8, 4) is 0 Å². The van der Waals surface area contributed by atoms with Gasteiger partial charge in [-0.25, -0.2) is 8.42 Å². The molecular weight excluding hydrogens is 314 g/mol. The van der Waals surface area contributed by atoms with E-state index in [4.69, 9.17) is 0 Å². The molecule has 1 aromatic rings. The molecule has 0 aromatic heterocycles. The van der Waals surface area contributed by atoms with Crippen molar-refractivity contribution in [2.45, 2.75) is 50.1 Å². The number of nitrogens with one attached hydrogen (secondary N) is 2. The first-order chi connectivity index (χ1) is 10.9. The van der Waals surface area contributed by atoms with Crippen molar-refractivity contribution in [2.75, 3.05) is 18.4 Å². The van der Waals surface area contributed by atoms with Gasteiger partial charge in [0.25, 0.3) is 0 Å². The maximum atomic E-state index is 13.0. The Morgan fingerprint density at radius 1 is 1.22 bits per heavy atom. The second-order valence-electron chi connectivity index (χ2n) is 6.32. The highest BCUT2D eigenvalue weighted by Gasteiger charge is 2.34. The maximum absolute atomic E-state index is 13.0. The van der Waals surface area contributed by atoms with E-state index in [2.05, 4.69) is 10.6 Å². The molecule has 126 valence electrons. The van der Waals surface area contributed by atoms with Crippen LogP contribution in [0.5, 0.6) is 0 Å². The number of carbonyl (C=O) groups excluding carboxylic acids is 1. The zero-order valence-corrected chi connectivity index (χ0v) is 14.3. The van der Waals surface area contributed by atoms with Gasteiger partial charge in [0, 0.05) is 37.3 Å². The molecule has 2 atom stereocenters. The van der Waals surface area contributed by atoms with Gasteiger partial charge in [-0.15, -0.1) is 0 Å². The van der Waals surface area contributed by atoms with Gasteiger partial charge in [0.1, 0.15) is 0 Å². The van der Waals surface area contributed by atoms with Gasteiger partial charge >= 0.3 is 0 Å². The van der Waals surface area contributed by atoms with E-state index < -0.39 is 10.0 Å². The fourth-order valence-corrected chi connectivity index (χ4v) is 4.97. The minimum Gasteiger partial charge on any atom is -0.326 e. The molecule has 0 aliphatic carbocycles. The Hall–Kier alpha value is -1.44. The monoisotopic (exact) mass is 337 g/mol. The van der Waals surface area contributed by atoms with Crippen molar-refractivity contribution < 1.29 is 13.2 Å². The molecular formula is C16H23N3O3S. The van der Waals surface area contributed by atoms with Gasteiger partial charge in [0.15, 0.2) is 0 Å². The predicted molar refractivity (Wildman–Crippen MR) is 88.8 cm³/mol. The summed E-state index contributed by atoms with van der Waals surface area (Å²) < 4.78 is 27.6. The van der Waals surface area contributed by atoms with Crippen LogP contribution in [0.1, 0.15) is 32.3 Å². The topological polar surface area (TPSA) is 78.5 Å². The summed E-state index contributed by atoms with van der Waals surface area (Å²) in [5.74, 6) is -0.0103. The number of piperazine rings is 1. The van der Waals surface area contributed by atoms with Crippen LogP contribution in [0.25, 0.3) is 0 Å². The molecule has 2 heterocycles. The van der Waals surface area contributed by atoms with E-state index in [1.54, 1.807) is 22.5 Å². The van der Waals surface area contributed by atoms with E-state index in [1.165, 1.54) is 0 Å². The van der Waals surface area contributed by atoms with Crippen LogP contribution in [0.15, 0.2) is 23.1 Å². The number of carbonyl (C=O) groups is 1. The Kier molecular flexibility index (Phi) is 4.44. The van der Waals surface area contributed by atoms with Crippen LogP contribution < -0.4 is 10.6 Å². The zero-order valence-electron chi connectivity index (χ0n) is 13.5. The lowest BCUT2D eigenvalue weighted by atomic mass is 10.1. The summed E-state index contributed by atoms with van der Waals surface area (Å²) in [6.45, 7) is 5.06. The molecule has 23 heavy (non-hydrogen) atoms. The molecule has 1 fully saturated rings. The number of anilines is 1. The maximum Gasteiger partial charge on any atom is 0.243 e. The third kappa shape index (κ3) is 3.13. The van der Waals surface area contributed by atoms with Gasteiger partial charge in [-0.2, -0.15) is 4.31 Å². The average molecular weight is 337 g/mol. The van der Waals surface area contributed by atoms with E-state index >= 15 is 0 Å². The molecule has 0 bridgehead atoms. The van der Waals surface area contributed by atoms with E-state index in [-0.39, 0.29) is 18.0 Å². The van der Waals surface area contributed by atoms with Gasteiger partial charge in [-0.1, -0.05) is 0 Å². The van der Waals surface area contributed by atoms with Crippen LogP contribution in [0.3, 0.4) is 0 Å². The normalized spacial score (nSPS) is 26.3. The molecule has 3 rings (SSSR count). The lowest BCUT2D eigenvalue weighted by Gasteiger charge is -2.37. The quantitative estimate of drug-likeness (QED) is 0.853. The summed E-state index contributed by atoms with van der Waals surface area (Å²) >= 11 is 0. The minimum atomic E-state index is -3.52. The van der Waals surface area contributed by atoms with Gasteiger partial charge < -0.3 is 10.6 Å². The molecule has 2 aliphatic heterocycles. The van der Waals surface area contributed by atoms with Crippen LogP contribution in [0.4, 0.5) is 5.69 Å². The number of rotatable bonds is 2. The van der Waals surface area contributed by atoms with Crippen molar-refractivity contribution in [1.82, 2.24) is 9.62 Å². The van der Waals surface area contributed by atoms with Gasteiger partial charge in [0.05, 0.1) is 4.90 Å². The fraction of sp³-hybridized carbons (Fsp3) is 0.562. The molecule has 1 saturated heterocycles. The molecule has 0 saturated carbocycles. The van der Waals surface area contributed by atoms with Crippen molar-refractivity contribution in [2.24, 2.45) is 0 Å². The molecule has 2 aliphatic rings. The van der Waals surface area contributed by atoms with Crippen molar-refractivity contribution in [3.63, 3.8) is 0 Å². The second kappa shape index (κ2) is 6.22. The third-order valence-electron chi connectivity index (χ3n) is 4.78. The molecule has 2 N–H and O–H groups in total. The minimum absolute atomic E-state index is 0.0103. The second-order valence-corrected chi connectivity index (χ2v) is 8.21. The number of hydrogen-bond acceptors (Lipinski definition) is 4. The number of fused-ring (bicyclic) bond motifs is 1. The zero-order chi connectivity index (χ0) is 16.6.